The molecule has 136 valence electrons. The van der Waals surface area contributed by atoms with E-state index >= 15 is 0 Å². The lowest BCUT2D eigenvalue weighted by atomic mass is 9.88. The van der Waals surface area contributed by atoms with Gasteiger partial charge < -0.3 is 14.5 Å². The van der Waals surface area contributed by atoms with Crippen molar-refractivity contribution >= 4 is 11.8 Å². The second-order valence-electron chi connectivity index (χ2n) is 7.07. The Labute approximate surface area is 149 Å². The van der Waals surface area contributed by atoms with E-state index in [4.69, 9.17) is 4.74 Å². The summed E-state index contributed by atoms with van der Waals surface area (Å²) in [5.74, 6) is 1.42. The number of amides is 2. The molecule has 25 heavy (non-hydrogen) atoms. The van der Waals surface area contributed by atoms with Crippen LogP contribution in [0.2, 0.25) is 0 Å². The summed E-state index contributed by atoms with van der Waals surface area (Å²) in [6.45, 7) is 2.61. The van der Waals surface area contributed by atoms with Crippen LogP contribution in [0.4, 0.5) is 0 Å². The molecule has 1 heterocycles. The molecule has 1 aliphatic carbocycles. The molecule has 0 atom stereocenters. The smallest absolute Gasteiger partial charge is 0.227 e. The summed E-state index contributed by atoms with van der Waals surface area (Å²) in [4.78, 5) is 29.0. The number of methoxy groups -OCH3 is 1. The first kappa shape index (κ1) is 17.8. The molecule has 0 bridgehead atoms. The van der Waals surface area contributed by atoms with Gasteiger partial charge in [-0.3, -0.25) is 9.59 Å². The number of ether oxygens (including phenoxy) is 1. The van der Waals surface area contributed by atoms with Gasteiger partial charge in [-0.2, -0.15) is 0 Å². The molecule has 1 saturated carbocycles. The molecular formula is C20H28N2O3. The highest BCUT2D eigenvalue weighted by atomic mass is 16.5. The molecular weight excluding hydrogens is 316 g/mol. The number of benzene rings is 1. The van der Waals surface area contributed by atoms with Crippen molar-refractivity contribution in [2.24, 2.45) is 5.92 Å². The van der Waals surface area contributed by atoms with E-state index < -0.39 is 0 Å². The summed E-state index contributed by atoms with van der Waals surface area (Å²) in [5.41, 5.74) is 0.963. The van der Waals surface area contributed by atoms with E-state index in [1.807, 2.05) is 34.1 Å². The standard InChI is InChI=1S/C20H28N2O3/c1-25-18-9-5-6-16(14-18)15-19(23)21-10-12-22(13-11-21)20(24)17-7-3-2-4-8-17/h5-6,9,14,17H,2-4,7-8,10-13,15H2,1H3. The molecule has 1 saturated heterocycles. The third-order valence-corrected chi connectivity index (χ3v) is 5.39. The van der Waals surface area contributed by atoms with Crippen molar-refractivity contribution < 1.29 is 14.3 Å². The van der Waals surface area contributed by atoms with Crippen LogP contribution < -0.4 is 4.74 Å². The summed E-state index contributed by atoms with van der Waals surface area (Å²) in [5, 5.41) is 0. The lowest BCUT2D eigenvalue weighted by molar-refractivity contribution is -0.142. The van der Waals surface area contributed by atoms with Crippen molar-refractivity contribution in [1.82, 2.24) is 9.80 Å². The molecule has 2 amide bonds. The van der Waals surface area contributed by atoms with Crippen LogP contribution in [-0.2, 0) is 16.0 Å². The lowest BCUT2D eigenvalue weighted by Gasteiger charge is -2.37. The molecule has 5 nitrogen and oxygen atoms in total. The van der Waals surface area contributed by atoms with Crippen molar-refractivity contribution in [3.63, 3.8) is 0 Å². The van der Waals surface area contributed by atoms with Crippen molar-refractivity contribution in [2.45, 2.75) is 38.5 Å². The third kappa shape index (κ3) is 4.53. The molecule has 1 aliphatic heterocycles. The maximum Gasteiger partial charge on any atom is 0.227 e. The number of carbonyl (C=O) groups excluding carboxylic acids is 2. The minimum atomic E-state index is 0.123. The highest BCUT2D eigenvalue weighted by molar-refractivity contribution is 5.81. The largest absolute Gasteiger partial charge is 0.497 e. The van der Waals surface area contributed by atoms with Gasteiger partial charge in [-0.1, -0.05) is 31.4 Å². The van der Waals surface area contributed by atoms with Gasteiger partial charge in [0.2, 0.25) is 11.8 Å². The molecule has 0 N–H and O–H groups in total. The predicted octanol–water partition coefficient (Wildman–Crippen LogP) is 2.49. The first-order valence-electron chi connectivity index (χ1n) is 9.37. The van der Waals surface area contributed by atoms with E-state index in [0.717, 1.165) is 24.2 Å². The molecule has 5 heteroatoms. The Morgan fingerprint density at radius 2 is 1.72 bits per heavy atom. The molecule has 0 unspecified atom stereocenters. The SMILES string of the molecule is COc1cccc(CC(=O)N2CCN(C(=O)C3CCCCC3)CC2)c1. The van der Waals surface area contributed by atoms with E-state index in [2.05, 4.69) is 0 Å². The van der Waals surface area contributed by atoms with Crippen molar-refractivity contribution in [2.75, 3.05) is 33.3 Å². The van der Waals surface area contributed by atoms with Crippen LogP contribution in [0.5, 0.6) is 5.75 Å². The Morgan fingerprint density at radius 3 is 2.40 bits per heavy atom. The van der Waals surface area contributed by atoms with Crippen LogP contribution in [0.3, 0.4) is 0 Å². The summed E-state index contributed by atoms with van der Waals surface area (Å²) in [7, 11) is 1.63. The molecule has 1 aromatic rings. The van der Waals surface area contributed by atoms with Gasteiger partial charge in [0.1, 0.15) is 5.75 Å². The summed E-state index contributed by atoms with van der Waals surface area (Å²) in [6.07, 6.45) is 6.07. The minimum absolute atomic E-state index is 0.123. The second-order valence-corrected chi connectivity index (χ2v) is 7.07. The molecule has 0 aromatic heterocycles. The predicted molar refractivity (Wildman–Crippen MR) is 96.4 cm³/mol. The molecule has 0 radical (unpaired) electrons. The molecule has 0 spiro atoms. The van der Waals surface area contributed by atoms with Gasteiger partial charge in [0.05, 0.1) is 13.5 Å². The Hall–Kier alpha value is -2.04. The topological polar surface area (TPSA) is 49.9 Å². The average Bonchev–Trinajstić information content (AvgIpc) is 2.68. The van der Waals surface area contributed by atoms with Crippen LogP contribution in [0.15, 0.2) is 24.3 Å². The average molecular weight is 344 g/mol. The first-order chi connectivity index (χ1) is 12.2. The van der Waals surface area contributed by atoms with E-state index in [9.17, 15) is 9.59 Å². The van der Waals surface area contributed by atoms with Gasteiger partial charge in [0.25, 0.3) is 0 Å². The van der Waals surface area contributed by atoms with Gasteiger partial charge in [-0.15, -0.1) is 0 Å². The van der Waals surface area contributed by atoms with Crippen molar-refractivity contribution in [3.05, 3.63) is 29.8 Å². The number of carbonyl (C=O) groups is 2. The van der Waals surface area contributed by atoms with Crippen LogP contribution in [-0.4, -0.2) is 54.9 Å². The summed E-state index contributed by atoms with van der Waals surface area (Å²) >= 11 is 0. The zero-order chi connectivity index (χ0) is 17.6. The Kier molecular flexibility index (Phi) is 5.95. The molecule has 2 fully saturated rings. The Morgan fingerprint density at radius 1 is 1.04 bits per heavy atom. The lowest BCUT2D eigenvalue weighted by Crippen LogP contribution is -2.52. The fourth-order valence-electron chi connectivity index (χ4n) is 3.85. The highest BCUT2D eigenvalue weighted by Crippen LogP contribution is 2.26. The summed E-state index contributed by atoms with van der Waals surface area (Å²) in [6, 6.07) is 7.63. The number of piperazine rings is 1. The van der Waals surface area contributed by atoms with E-state index in [1.165, 1.54) is 19.3 Å². The maximum atomic E-state index is 12.6. The zero-order valence-corrected chi connectivity index (χ0v) is 15.1. The van der Waals surface area contributed by atoms with Crippen LogP contribution >= 0.6 is 0 Å². The second kappa shape index (κ2) is 8.37. The van der Waals surface area contributed by atoms with Crippen LogP contribution in [0, 0.1) is 5.92 Å². The van der Waals surface area contributed by atoms with Gasteiger partial charge in [0.15, 0.2) is 0 Å². The van der Waals surface area contributed by atoms with Gasteiger partial charge in [-0.25, -0.2) is 0 Å². The fourth-order valence-corrected chi connectivity index (χ4v) is 3.85. The molecule has 2 aliphatic rings. The minimum Gasteiger partial charge on any atom is -0.497 e. The van der Waals surface area contributed by atoms with Crippen LogP contribution in [0.1, 0.15) is 37.7 Å². The van der Waals surface area contributed by atoms with E-state index in [-0.39, 0.29) is 11.8 Å². The van der Waals surface area contributed by atoms with Gasteiger partial charge >= 0.3 is 0 Å². The number of nitrogens with zero attached hydrogens (tertiary/aromatic N) is 2. The highest BCUT2D eigenvalue weighted by Gasteiger charge is 2.29. The number of hydrogen-bond acceptors (Lipinski definition) is 3. The zero-order valence-electron chi connectivity index (χ0n) is 15.1. The first-order valence-corrected chi connectivity index (χ1v) is 9.37. The van der Waals surface area contributed by atoms with Crippen molar-refractivity contribution in [1.29, 1.82) is 0 Å². The van der Waals surface area contributed by atoms with Crippen LogP contribution in [0.25, 0.3) is 0 Å². The van der Waals surface area contributed by atoms with Crippen molar-refractivity contribution in [3.8, 4) is 5.75 Å². The molecule has 3 rings (SSSR count). The molecule has 1 aromatic carbocycles. The van der Waals surface area contributed by atoms with Gasteiger partial charge in [-0.05, 0) is 30.5 Å². The Bertz CT molecular complexity index is 603. The van der Waals surface area contributed by atoms with E-state index in [0.29, 0.717) is 38.5 Å². The summed E-state index contributed by atoms with van der Waals surface area (Å²) < 4.78 is 5.21. The number of rotatable bonds is 4. The maximum absolute atomic E-state index is 12.6. The fraction of sp³-hybridized carbons (Fsp3) is 0.600. The van der Waals surface area contributed by atoms with E-state index in [1.54, 1.807) is 7.11 Å². The quantitative estimate of drug-likeness (QED) is 0.843. The normalized spacial score (nSPS) is 18.9. The Balaban J connectivity index is 1.49. The monoisotopic (exact) mass is 344 g/mol. The third-order valence-electron chi connectivity index (χ3n) is 5.39. The van der Waals surface area contributed by atoms with Gasteiger partial charge in [0, 0.05) is 32.1 Å². The number of hydrogen-bond donors (Lipinski definition) is 0.